The summed E-state index contributed by atoms with van der Waals surface area (Å²) in [5.74, 6) is 0. The van der Waals surface area contributed by atoms with Gasteiger partial charge in [0.2, 0.25) is 0 Å². The first-order valence-electron chi connectivity index (χ1n) is 8.80. The van der Waals surface area contributed by atoms with Gasteiger partial charge in [-0.05, 0) is 42.5 Å². The predicted molar refractivity (Wildman–Crippen MR) is 116 cm³/mol. The Morgan fingerprint density at radius 1 is 0.852 bits per heavy atom. The molecule has 0 fully saturated rings. The Morgan fingerprint density at radius 3 is 2.48 bits per heavy atom. The normalized spacial score (nSPS) is 10.8. The first kappa shape index (κ1) is 17.4. The SMILES string of the molecule is CN(C)c1cccc(Nc2cc(-c3cccc(Cl)c3)nc3ccccc23)c1. The number of fused-ring (bicyclic) bond motifs is 1. The number of nitrogens with one attached hydrogen (secondary N) is 1. The monoisotopic (exact) mass is 373 g/mol. The molecule has 0 aliphatic heterocycles. The second kappa shape index (κ2) is 7.29. The minimum Gasteiger partial charge on any atom is -0.378 e. The van der Waals surface area contributed by atoms with E-state index in [0.29, 0.717) is 5.02 Å². The van der Waals surface area contributed by atoms with E-state index in [1.807, 2.05) is 56.6 Å². The van der Waals surface area contributed by atoms with Gasteiger partial charge in [-0.1, -0.05) is 48.0 Å². The van der Waals surface area contributed by atoms with E-state index in [-0.39, 0.29) is 0 Å². The van der Waals surface area contributed by atoms with Crippen LogP contribution < -0.4 is 10.2 Å². The predicted octanol–water partition coefficient (Wildman–Crippen LogP) is 6.36. The Bertz CT molecular complexity index is 1110. The van der Waals surface area contributed by atoms with Crippen molar-refractivity contribution in [3.05, 3.63) is 83.9 Å². The summed E-state index contributed by atoms with van der Waals surface area (Å²) in [6.45, 7) is 0. The molecule has 0 saturated heterocycles. The average molecular weight is 374 g/mol. The van der Waals surface area contributed by atoms with E-state index in [9.17, 15) is 0 Å². The van der Waals surface area contributed by atoms with Gasteiger partial charge in [0.05, 0.1) is 16.9 Å². The van der Waals surface area contributed by atoms with E-state index in [1.54, 1.807) is 0 Å². The molecule has 4 heteroatoms. The van der Waals surface area contributed by atoms with Crippen molar-refractivity contribution in [3.8, 4) is 11.3 Å². The van der Waals surface area contributed by atoms with Crippen molar-refractivity contribution in [1.82, 2.24) is 4.98 Å². The van der Waals surface area contributed by atoms with E-state index in [1.165, 1.54) is 0 Å². The molecule has 1 N–H and O–H groups in total. The molecule has 4 rings (SSSR count). The Morgan fingerprint density at radius 2 is 1.67 bits per heavy atom. The average Bonchev–Trinajstić information content (AvgIpc) is 2.68. The van der Waals surface area contributed by atoms with Crippen LogP contribution in [0, 0.1) is 0 Å². The number of aromatic nitrogens is 1. The molecule has 0 unspecified atom stereocenters. The molecule has 0 spiro atoms. The zero-order chi connectivity index (χ0) is 18.8. The lowest BCUT2D eigenvalue weighted by Gasteiger charge is -2.16. The molecule has 134 valence electrons. The number of hydrogen-bond donors (Lipinski definition) is 1. The second-order valence-electron chi connectivity index (χ2n) is 6.65. The van der Waals surface area contributed by atoms with Gasteiger partial charge in [-0.25, -0.2) is 4.98 Å². The molecule has 0 amide bonds. The van der Waals surface area contributed by atoms with Crippen molar-refractivity contribution in [1.29, 1.82) is 0 Å². The van der Waals surface area contributed by atoms with E-state index < -0.39 is 0 Å². The fourth-order valence-electron chi connectivity index (χ4n) is 3.09. The molecule has 0 radical (unpaired) electrons. The smallest absolute Gasteiger partial charge is 0.0730 e. The number of halogens is 1. The molecule has 27 heavy (non-hydrogen) atoms. The van der Waals surface area contributed by atoms with E-state index >= 15 is 0 Å². The summed E-state index contributed by atoms with van der Waals surface area (Å²) in [5, 5.41) is 5.35. The van der Waals surface area contributed by atoms with Gasteiger partial charge < -0.3 is 10.2 Å². The van der Waals surface area contributed by atoms with Crippen LogP contribution in [0.25, 0.3) is 22.2 Å². The molecule has 0 aliphatic rings. The summed E-state index contributed by atoms with van der Waals surface area (Å²) in [6.07, 6.45) is 0. The number of benzene rings is 3. The van der Waals surface area contributed by atoms with Gasteiger partial charge in [0.15, 0.2) is 0 Å². The largest absolute Gasteiger partial charge is 0.378 e. The van der Waals surface area contributed by atoms with Crippen molar-refractivity contribution in [2.75, 3.05) is 24.3 Å². The van der Waals surface area contributed by atoms with Crippen LogP contribution in [0.1, 0.15) is 0 Å². The highest BCUT2D eigenvalue weighted by Crippen LogP contribution is 2.32. The van der Waals surface area contributed by atoms with Gasteiger partial charge in [-0.15, -0.1) is 0 Å². The van der Waals surface area contributed by atoms with Crippen molar-refractivity contribution in [2.24, 2.45) is 0 Å². The number of hydrogen-bond acceptors (Lipinski definition) is 3. The fraction of sp³-hybridized carbons (Fsp3) is 0.0870. The van der Waals surface area contributed by atoms with Crippen LogP contribution in [-0.2, 0) is 0 Å². The molecule has 1 aromatic heterocycles. The van der Waals surface area contributed by atoms with Crippen LogP contribution in [-0.4, -0.2) is 19.1 Å². The van der Waals surface area contributed by atoms with Crippen molar-refractivity contribution >= 4 is 39.6 Å². The highest BCUT2D eigenvalue weighted by molar-refractivity contribution is 6.30. The van der Waals surface area contributed by atoms with Gasteiger partial charge in [-0.2, -0.15) is 0 Å². The summed E-state index contributed by atoms with van der Waals surface area (Å²) in [7, 11) is 4.08. The third-order valence-corrected chi connectivity index (χ3v) is 4.71. The van der Waals surface area contributed by atoms with Gasteiger partial charge in [0.1, 0.15) is 0 Å². The topological polar surface area (TPSA) is 28.2 Å². The minimum absolute atomic E-state index is 0.704. The Hall–Kier alpha value is -3.04. The summed E-state index contributed by atoms with van der Waals surface area (Å²) in [5.41, 5.74) is 6.04. The second-order valence-corrected chi connectivity index (χ2v) is 7.09. The molecule has 3 nitrogen and oxygen atoms in total. The molecular weight excluding hydrogens is 354 g/mol. The number of pyridine rings is 1. The summed E-state index contributed by atoms with van der Waals surface area (Å²) in [4.78, 5) is 6.92. The summed E-state index contributed by atoms with van der Waals surface area (Å²) in [6, 6.07) is 26.4. The Balaban J connectivity index is 1.83. The lowest BCUT2D eigenvalue weighted by Crippen LogP contribution is -2.08. The van der Waals surface area contributed by atoms with Gasteiger partial charge >= 0.3 is 0 Å². The van der Waals surface area contributed by atoms with Gasteiger partial charge in [0.25, 0.3) is 0 Å². The van der Waals surface area contributed by atoms with Crippen LogP contribution >= 0.6 is 11.6 Å². The molecule has 1 heterocycles. The summed E-state index contributed by atoms with van der Waals surface area (Å²) >= 11 is 6.18. The maximum Gasteiger partial charge on any atom is 0.0730 e. The van der Waals surface area contributed by atoms with E-state index in [4.69, 9.17) is 16.6 Å². The molecule has 0 aliphatic carbocycles. The number of rotatable bonds is 4. The first-order chi connectivity index (χ1) is 13.1. The van der Waals surface area contributed by atoms with Gasteiger partial charge in [0, 0.05) is 41.4 Å². The quantitative estimate of drug-likeness (QED) is 0.450. The number of nitrogens with zero attached hydrogens (tertiary/aromatic N) is 2. The minimum atomic E-state index is 0.704. The molecule has 0 atom stereocenters. The highest BCUT2D eigenvalue weighted by atomic mass is 35.5. The number of anilines is 3. The maximum absolute atomic E-state index is 6.18. The van der Waals surface area contributed by atoms with Crippen molar-refractivity contribution in [3.63, 3.8) is 0 Å². The van der Waals surface area contributed by atoms with Crippen molar-refractivity contribution in [2.45, 2.75) is 0 Å². The molecule has 3 aromatic carbocycles. The molecule has 0 saturated carbocycles. The molecular formula is C23H20ClN3. The van der Waals surface area contributed by atoms with Crippen LogP contribution in [0.15, 0.2) is 78.9 Å². The Labute approximate surface area is 164 Å². The summed E-state index contributed by atoms with van der Waals surface area (Å²) < 4.78 is 0. The standard InChI is InChI=1S/C23H20ClN3/c1-27(2)19-10-6-9-18(14-19)25-23-15-22(16-7-5-8-17(24)13-16)26-21-12-4-3-11-20(21)23/h3-15H,1-2H3,(H,25,26). The van der Waals surface area contributed by atoms with Crippen LogP contribution in [0.5, 0.6) is 0 Å². The molecule has 4 aromatic rings. The van der Waals surface area contributed by atoms with E-state index in [0.717, 1.165) is 39.2 Å². The zero-order valence-electron chi connectivity index (χ0n) is 15.3. The zero-order valence-corrected chi connectivity index (χ0v) is 16.0. The first-order valence-corrected chi connectivity index (χ1v) is 9.18. The van der Waals surface area contributed by atoms with Crippen LogP contribution in [0.2, 0.25) is 5.02 Å². The third kappa shape index (κ3) is 3.74. The lowest BCUT2D eigenvalue weighted by atomic mass is 10.1. The Kier molecular flexibility index (Phi) is 4.69. The van der Waals surface area contributed by atoms with E-state index in [2.05, 4.69) is 46.6 Å². The van der Waals surface area contributed by atoms with Gasteiger partial charge in [-0.3, -0.25) is 0 Å². The highest BCUT2D eigenvalue weighted by Gasteiger charge is 2.09. The van der Waals surface area contributed by atoms with Crippen LogP contribution in [0.4, 0.5) is 17.1 Å². The maximum atomic E-state index is 6.18. The fourth-order valence-corrected chi connectivity index (χ4v) is 3.28. The number of para-hydroxylation sites is 1. The molecule has 0 bridgehead atoms. The lowest BCUT2D eigenvalue weighted by molar-refractivity contribution is 1.13. The third-order valence-electron chi connectivity index (χ3n) is 4.48. The van der Waals surface area contributed by atoms with Crippen LogP contribution in [0.3, 0.4) is 0 Å². The van der Waals surface area contributed by atoms with Crippen molar-refractivity contribution < 1.29 is 0 Å².